The zero-order valence-electron chi connectivity index (χ0n) is 11.3. The van der Waals surface area contributed by atoms with Gasteiger partial charge in [0.25, 0.3) is 0 Å². The van der Waals surface area contributed by atoms with Crippen molar-refractivity contribution in [2.45, 2.75) is 19.1 Å². The van der Waals surface area contributed by atoms with Gasteiger partial charge in [0.05, 0.1) is 0 Å². The molecule has 1 saturated heterocycles. The van der Waals surface area contributed by atoms with Crippen LogP contribution in [0.4, 0.5) is 5.95 Å². The summed E-state index contributed by atoms with van der Waals surface area (Å²) in [7, 11) is 3.36. The van der Waals surface area contributed by atoms with Gasteiger partial charge in [-0.3, -0.25) is 0 Å². The Morgan fingerprint density at radius 1 is 1.32 bits per heavy atom. The molecule has 0 aliphatic carbocycles. The minimum absolute atomic E-state index is 0.0161. The second-order valence-electron chi connectivity index (χ2n) is 4.51. The van der Waals surface area contributed by atoms with E-state index in [2.05, 4.69) is 9.97 Å². The van der Waals surface area contributed by atoms with Crippen molar-refractivity contribution in [3.05, 3.63) is 17.5 Å². The minimum atomic E-state index is 0.0161. The van der Waals surface area contributed by atoms with Crippen molar-refractivity contribution in [3.63, 3.8) is 0 Å². The minimum Gasteiger partial charge on any atom is -0.388 e. The van der Waals surface area contributed by atoms with Gasteiger partial charge in [0.2, 0.25) is 5.95 Å². The van der Waals surface area contributed by atoms with Crippen LogP contribution >= 0.6 is 12.2 Å². The van der Waals surface area contributed by atoms with E-state index in [1.165, 1.54) is 0 Å². The highest BCUT2D eigenvalue weighted by Gasteiger charge is 2.34. The van der Waals surface area contributed by atoms with E-state index in [0.29, 0.717) is 24.7 Å². The van der Waals surface area contributed by atoms with Crippen LogP contribution in [0.5, 0.6) is 0 Å². The number of aromatic nitrogens is 2. The van der Waals surface area contributed by atoms with E-state index in [-0.39, 0.29) is 17.2 Å². The van der Waals surface area contributed by atoms with Crippen molar-refractivity contribution in [1.82, 2.24) is 9.97 Å². The predicted molar refractivity (Wildman–Crippen MR) is 76.5 cm³/mol. The van der Waals surface area contributed by atoms with Crippen LogP contribution in [0.1, 0.15) is 11.4 Å². The van der Waals surface area contributed by atoms with Gasteiger partial charge in [-0.05, 0) is 13.0 Å². The van der Waals surface area contributed by atoms with E-state index >= 15 is 0 Å². The van der Waals surface area contributed by atoms with Crippen LogP contribution in [0.25, 0.3) is 0 Å². The molecule has 0 amide bonds. The number of nitrogens with zero attached hydrogens (tertiary/aromatic N) is 3. The van der Waals surface area contributed by atoms with Crippen molar-refractivity contribution >= 4 is 23.2 Å². The van der Waals surface area contributed by atoms with Crippen LogP contribution in [-0.4, -0.2) is 54.5 Å². The molecule has 7 heteroatoms. The number of hydrogen-bond acceptors (Lipinski definition) is 6. The summed E-state index contributed by atoms with van der Waals surface area (Å²) in [5.74, 6) is 0.615. The molecule has 2 heterocycles. The predicted octanol–water partition coefficient (Wildman–Crippen LogP) is 0.269. The molecule has 104 valence electrons. The lowest BCUT2D eigenvalue weighted by atomic mass is 10.3. The standard InChI is InChI=1S/C12H18N4O2S/c1-7-4-8(11(13)19)15-12(14-7)16-5-9(17-2)10(6-16)18-3/h4,9-10H,5-6H2,1-3H3,(H2,13,19). The molecule has 0 bridgehead atoms. The normalized spacial score (nSPS) is 22.8. The molecule has 0 saturated carbocycles. The summed E-state index contributed by atoms with van der Waals surface area (Å²) in [5.41, 5.74) is 7.06. The third kappa shape index (κ3) is 2.99. The van der Waals surface area contributed by atoms with Crippen LogP contribution < -0.4 is 10.6 Å². The smallest absolute Gasteiger partial charge is 0.226 e. The number of hydrogen-bond donors (Lipinski definition) is 1. The van der Waals surface area contributed by atoms with Gasteiger partial charge >= 0.3 is 0 Å². The quantitative estimate of drug-likeness (QED) is 0.795. The Morgan fingerprint density at radius 3 is 2.37 bits per heavy atom. The molecule has 0 spiro atoms. The molecule has 2 rings (SSSR count). The van der Waals surface area contributed by atoms with Crippen molar-refractivity contribution in [2.75, 3.05) is 32.2 Å². The summed E-state index contributed by atoms with van der Waals surface area (Å²) < 4.78 is 10.8. The summed E-state index contributed by atoms with van der Waals surface area (Å²) in [4.78, 5) is 11.1. The van der Waals surface area contributed by atoms with Gasteiger partial charge in [0, 0.05) is 33.0 Å². The number of thiocarbonyl (C=S) groups is 1. The fourth-order valence-corrected chi connectivity index (χ4v) is 2.29. The average molecular weight is 282 g/mol. The zero-order valence-corrected chi connectivity index (χ0v) is 12.1. The Bertz CT molecular complexity index is 471. The maximum absolute atomic E-state index is 5.63. The van der Waals surface area contributed by atoms with Gasteiger partial charge < -0.3 is 20.1 Å². The van der Waals surface area contributed by atoms with Gasteiger partial charge in [-0.2, -0.15) is 0 Å². The highest BCUT2D eigenvalue weighted by atomic mass is 32.1. The summed E-state index contributed by atoms with van der Waals surface area (Å²) in [6.45, 7) is 3.27. The monoisotopic (exact) mass is 282 g/mol. The average Bonchev–Trinajstić information content (AvgIpc) is 2.81. The number of rotatable bonds is 4. The van der Waals surface area contributed by atoms with Crippen LogP contribution in [0.15, 0.2) is 6.07 Å². The Hall–Kier alpha value is -1.31. The van der Waals surface area contributed by atoms with Crippen LogP contribution in [-0.2, 0) is 9.47 Å². The van der Waals surface area contributed by atoms with Crippen LogP contribution in [0, 0.1) is 6.92 Å². The number of anilines is 1. The first-order chi connectivity index (χ1) is 9.05. The SMILES string of the molecule is COC1CN(c2nc(C)cc(C(N)=S)n2)CC1OC. The highest BCUT2D eigenvalue weighted by molar-refractivity contribution is 7.80. The van der Waals surface area contributed by atoms with Gasteiger partial charge in [0.1, 0.15) is 22.9 Å². The lowest BCUT2D eigenvalue weighted by Crippen LogP contribution is -2.27. The first-order valence-electron chi connectivity index (χ1n) is 6.01. The molecule has 1 aliphatic rings. The molecular weight excluding hydrogens is 264 g/mol. The Balaban J connectivity index is 2.25. The topological polar surface area (TPSA) is 73.5 Å². The van der Waals surface area contributed by atoms with Crippen LogP contribution in [0.2, 0.25) is 0 Å². The number of ether oxygens (including phenoxy) is 2. The first kappa shape index (κ1) is 14.1. The fourth-order valence-electron chi connectivity index (χ4n) is 2.18. The molecule has 0 radical (unpaired) electrons. The fraction of sp³-hybridized carbons (Fsp3) is 0.583. The Labute approximate surface area is 117 Å². The van der Waals surface area contributed by atoms with Gasteiger partial charge in [-0.25, -0.2) is 9.97 Å². The van der Waals surface area contributed by atoms with Crippen molar-refractivity contribution in [2.24, 2.45) is 5.73 Å². The van der Waals surface area contributed by atoms with Crippen molar-refractivity contribution < 1.29 is 9.47 Å². The Morgan fingerprint density at radius 2 is 1.89 bits per heavy atom. The molecule has 1 aromatic rings. The maximum atomic E-state index is 5.63. The molecule has 1 fully saturated rings. The van der Waals surface area contributed by atoms with E-state index in [9.17, 15) is 0 Å². The second-order valence-corrected chi connectivity index (χ2v) is 4.95. The summed E-state index contributed by atoms with van der Waals surface area (Å²) >= 11 is 4.97. The molecule has 0 aromatic carbocycles. The van der Waals surface area contributed by atoms with Gasteiger partial charge in [0.15, 0.2) is 0 Å². The Kier molecular flexibility index (Phi) is 4.28. The summed E-state index contributed by atoms with van der Waals surface area (Å²) in [6.07, 6.45) is 0.0322. The maximum Gasteiger partial charge on any atom is 0.226 e. The molecule has 1 aliphatic heterocycles. The van der Waals surface area contributed by atoms with E-state index in [0.717, 1.165) is 5.69 Å². The van der Waals surface area contributed by atoms with Gasteiger partial charge in [-0.15, -0.1) is 0 Å². The molecule has 2 unspecified atom stereocenters. The molecule has 2 atom stereocenters. The second kappa shape index (κ2) is 5.77. The lowest BCUT2D eigenvalue weighted by molar-refractivity contribution is -0.00461. The van der Waals surface area contributed by atoms with E-state index in [1.54, 1.807) is 20.3 Å². The van der Waals surface area contributed by atoms with Gasteiger partial charge in [-0.1, -0.05) is 12.2 Å². The third-order valence-corrected chi connectivity index (χ3v) is 3.41. The lowest BCUT2D eigenvalue weighted by Gasteiger charge is -2.16. The largest absolute Gasteiger partial charge is 0.388 e. The number of methoxy groups -OCH3 is 2. The molecule has 2 N–H and O–H groups in total. The zero-order chi connectivity index (χ0) is 14.0. The van der Waals surface area contributed by atoms with E-state index < -0.39 is 0 Å². The molecule has 1 aromatic heterocycles. The molecule has 19 heavy (non-hydrogen) atoms. The van der Waals surface area contributed by atoms with E-state index in [1.807, 2.05) is 11.8 Å². The third-order valence-electron chi connectivity index (χ3n) is 3.20. The number of nitrogens with two attached hydrogens (primary N) is 1. The van der Waals surface area contributed by atoms with E-state index in [4.69, 9.17) is 27.4 Å². The molecule has 6 nitrogen and oxygen atoms in total. The summed E-state index contributed by atoms with van der Waals surface area (Å²) in [6, 6.07) is 1.78. The molecular formula is C12H18N4O2S. The van der Waals surface area contributed by atoms with Crippen LogP contribution in [0.3, 0.4) is 0 Å². The summed E-state index contributed by atoms with van der Waals surface area (Å²) in [5, 5.41) is 0. The first-order valence-corrected chi connectivity index (χ1v) is 6.42. The number of aryl methyl sites for hydroxylation is 1. The van der Waals surface area contributed by atoms with Crippen molar-refractivity contribution in [1.29, 1.82) is 0 Å². The highest BCUT2D eigenvalue weighted by Crippen LogP contribution is 2.21. The van der Waals surface area contributed by atoms with Crippen molar-refractivity contribution in [3.8, 4) is 0 Å².